The van der Waals surface area contributed by atoms with Crippen molar-refractivity contribution >= 4 is 21.5 Å². The van der Waals surface area contributed by atoms with E-state index in [2.05, 4.69) is 176 Å². The summed E-state index contributed by atoms with van der Waals surface area (Å²) in [4.78, 5) is 15.7. The van der Waals surface area contributed by atoms with Crippen molar-refractivity contribution in [2.75, 3.05) is 0 Å². The van der Waals surface area contributed by atoms with Crippen LogP contribution in [0.15, 0.2) is 200 Å². The van der Waals surface area contributed by atoms with Crippen LogP contribution >= 0.6 is 0 Å². The molecule has 1 aliphatic heterocycles. The number of nitrogens with zero attached hydrogens (tertiary/aromatic N) is 3. The van der Waals surface area contributed by atoms with E-state index >= 15 is 0 Å². The summed E-state index contributed by atoms with van der Waals surface area (Å²) in [5.41, 5.74) is 11.4. The van der Waals surface area contributed by atoms with Crippen LogP contribution in [0.4, 0.5) is 0 Å². The van der Waals surface area contributed by atoms with Gasteiger partial charge < -0.3 is 4.74 Å². The van der Waals surface area contributed by atoms with Crippen LogP contribution in [0, 0.1) is 0 Å². The van der Waals surface area contributed by atoms with Gasteiger partial charge >= 0.3 is 0 Å². The molecule has 0 atom stereocenters. The first-order valence-corrected chi connectivity index (χ1v) is 19.7. The van der Waals surface area contributed by atoms with Gasteiger partial charge in [-0.05, 0) is 44.2 Å². The molecule has 0 amide bonds. The van der Waals surface area contributed by atoms with Crippen LogP contribution in [0.25, 0.3) is 78.0 Å². The summed E-state index contributed by atoms with van der Waals surface area (Å²) in [6.07, 6.45) is 0. The fraction of sp³-hybridized carbons (Fsp3) is 0.0185. The molecular formula is C54H33N3O. The highest BCUT2D eigenvalue weighted by molar-refractivity contribution is 6.01. The van der Waals surface area contributed by atoms with Crippen molar-refractivity contribution in [3.8, 4) is 67.9 Å². The second-order valence-corrected chi connectivity index (χ2v) is 15.1. The Morgan fingerprint density at radius 2 is 0.776 bits per heavy atom. The highest BCUT2D eigenvalue weighted by atomic mass is 16.5. The first-order chi connectivity index (χ1) is 28.8. The van der Waals surface area contributed by atoms with Gasteiger partial charge in [0.2, 0.25) is 0 Å². The Kier molecular flexibility index (Phi) is 7.11. The molecule has 0 N–H and O–H groups in total. The summed E-state index contributed by atoms with van der Waals surface area (Å²) in [6.45, 7) is 0. The number of hydrogen-bond donors (Lipinski definition) is 0. The standard InChI is InChI=1S/C54H33N3O/c1-3-14-34(15-4-1)35-26-28-39(29-27-35)52-55-51(38-18-5-2-6-19-38)56-53(57-52)43-23-13-25-45-48(43)42-22-11-12-24-44(42)54(45)46-32-30-36-16-7-9-20-40(36)49(46)58-50-41-21-10-8-17-37(41)31-33-47(50)54/h1-33H. The lowest BCUT2D eigenvalue weighted by Gasteiger charge is -2.40. The highest BCUT2D eigenvalue weighted by Gasteiger charge is 2.52. The van der Waals surface area contributed by atoms with E-state index in [9.17, 15) is 0 Å². The molecular weight excluding hydrogens is 707 g/mol. The van der Waals surface area contributed by atoms with E-state index in [0.29, 0.717) is 17.5 Å². The number of rotatable bonds is 4. The lowest BCUT2D eigenvalue weighted by atomic mass is 9.65. The van der Waals surface area contributed by atoms with Crippen molar-refractivity contribution in [3.05, 3.63) is 222 Å². The van der Waals surface area contributed by atoms with E-state index < -0.39 is 5.41 Å². The van der Waals surface area contributed by atoms with E-state index in [0.717, 1.165) is 77.6 Å². The van der Waals surface area contributed by atoms with Crippen LogP contribution in [-0.4, -0.2) is 15.0 Å². The van der Waals surface area contributed by atoms with Crippen molar-refractivity contribution in [1.82, 2.24) is 15.0 Å². The molecule has 1 aromatic heterocycles. The Hall–Kier alpha value is -7.69. The maximum Gasteiger partial charge on any atom is 0.164 e. The first-order valence-electron chi connectivity index (χ1n) is 19.7. The maximum atomic E-state index is 7.17. The van der Waals surface area contributed by atoms with E-state index in [4.69, 9.17) is 19.7 Å². The van der Waals surface area contributed by atoms with Crippen LogP contribution in [0.5, 0.6) is 11.5 Å². The molecule has 4 heteroatoms. The Morgan fingerprint density at radius 1 is 0.310 bits per heavy atom. The van der Waals surface area contributed by atoms with Gasteiger partial charge in [-0.2, -0.15) is 0 Å². The summed E-state index contributed by atoms with van der Waals surface area (Å²) < 4.78 is 7.17. The molecule has 0 saturated heterocycles. The SMILES string of the molecule is c1ccc(-c2ccc(-c3nc(-c4ccccc4)nc(-c4cccc5c4-c4ccccc4C54c5ccc6ccccc6c5Oc5c4ccc4ccccc54)n3)cc2)cc1. The summed E-state index contributed by atoms with van der Waals surface area (Å²) in [5.74, 6) is 3.67. The number of aromatic nitrogens is 3. The minimum atomic E-state index is -0.676. The summed E-state index contributed by atoms with van der Waals surface area (Å²) in [7, 11) is 0. The van der Waals surface area contributed by atoms with Crippen LogP contribution in [-0.2, 0) is 5.41 Å². The third-order valence-electron chi connectivity index (χ3n) is 12.0. The molecule has 1 spiro atoms. The van der Waals surface area contributed by atoms with Gasteiger partial charge in [-0.3, -0.25) is 0 Å². The Morgan fingerprint density at radius 3 is 1.43 bits per heavy atom. The predicted molar refractivity (Wildman–Crippen MR) is 234 cm³/mol. The van der Waals surface area contributed by atoms with Crippen molar-refractivity contribution in [3.63, 3.8) is 0 Å². The molecule has 4 nitrogen and oxygen atoms in total. The largest absolute Gasteiger partial charge is 0.455 e. The number of hydrogen-bond acceptors (Lipinski definition) is 4. The van der Waals surface area contributed by atoms with E-state index in [1.807, 2.05) is 24.3 Å². The summed E-state index contributed by atoms with van der Waals surface area (Å²) in [6, 6.07) is 70.7. The second kappa shape index (κ2) is 12.7. The van der Waals surface area contributed by atoms with Crippen LogP contribution < -0.4 is 4.74 Å². The number of fused-ring (bicyclic) bond motifs is 13. The molecule has 0 unspecified atom stereocenters. The number of benzene rings is 9. The molecule has 0 bridgehead atoms. The molecule has 0 fully saturated rings. The quantitative estimate of drug-likeness (QED) is 0.180. The van der Waals surface area contributed by atoms with Gasteiger partial charge in [-0.25, -0.2) is 15.0 Å². The Balaban J connectivity index is 1.14. The number of ether oxygens (including phenoxy) is 1. The third-order valence-corrected chi connectivity index (χ3v) is 12.0. The van der Waals surface area contributed by atoms with E-state index in [1.165, 1.54) is 16.7 Å². The van der Waals surface area contributed by atoms with Crippen molar-refractivity contribution in [2.45, 2.75) is 5.41 Å². The molecule has 10 aromatic rings. The fourth-order valence-electron chi connectivity index (χ4n) is 9.42. The van der Waals surface area contributed by atoms with Crippen molar-refractivity contribution < 1.29 is 4.74 Å². The highest BCUT2D eigenvalue weighted by Crippen LogP contribution is 2.64. The summed E-state index contributed by atoms with van der Waals surface area (Å²) >= 11 is 0. The van der Waals surface area contributed by atoms with Gasteiger partial charge in [0, 0.05) is 38.6 Å². The average Bonchev–Trinajstić information content (AvgIpc) is 3.60. The minimum Gasteiger partial charge on any atom is -0.455 e. The van der Waals surface area contributed by atoms with Crippen LogP contribution in [0.3, 0.4) is 0 Å². The molecule has 58 heavy (non-hydrogen) atoms. The summed E-state index contributed by atoms with van der Waals surface area (Å²) in [5, 5.41) is 4.47. The molecule has 2 heterocycles. The third kappa shape index (κ3) is 4.72. The molecule has 12 rings (SSSR count). The van der Waals surface area contributed by atoms with Gasteiger partial charge in [0.1, 0.15) is 11.5 Å². The molecule has 0 saturated carbocycles. The monoisotopic (exact) mass is 739 g/mol. The van der Waals surface area contributed by atoms with Gasteiger partial charge in [0.25, 0.3) is 0 Å². The van der Waals surface area contributed by atoms with E-state index in [1.54, 1.807) is 0 Å². The molecule has 0 radical (unpaired) electrons. The normalized spacial score (nSPS) is 13.1. The zero-order chi connectivity index (χ0) is 38.2. The minimum absolute atomic E-state index is 0.627. The fourth-order valence-corrected chi connectivity index (χ4v) is 9.42. The van der Waals surface area contributed by atoms with Crippen LogP contribution in [0.2, 0.25) is 0 Å². The molecule has 2 aliphatic rings. The molecule has 1 aliphatic carbocycles. The lowest BCUT2D eigenvalue weighted by Crippen LogP contribution is -2.32. The van der Waals surface area contributed by atoms with Crippen LogP contribution in [0.1, 0.15) is 22.3 Å². The average molecular weight is 740 g/mol. The van der Waals surface area contributed by atoms with Crippen molar-refractivity contribution in [1.29, 1.82) is 0 Å². The smallest absolute Gasteiger partial charge is 0.164 e. The van der Waals surface area contributed by atoms with Gasteiger partial charge in [-0.1, -0.05) is 200 Å². The zero-order valence-corrected chi connectivity index (χ0v) is 31.3. The topological polar surface area (TPSA) is 47.9 Å². The Labute approximate surface area is 335 Å². The van der Waals surface area contributed by atoms with Gasteiger partial charge in [-0.15, -0.1) is 0 Å². The molecule has 270 valence electrons. The zero-order valence-electron chi connectivity index (χ0n) is 31.3. The molecule has 9 aromatic carbocycles. The van der Waals surface area contributed by atoms with E-state index in [-0.39, 0.29) is 0 Å². The van der Waals surface area contributed by atoms with Gasteiger partial charge in [0.15, 0.2) is 17.5 Å². The predicted octanol–water partition coefficient (Wildman–Crippen LogP) is 13.3. The Bertz CT molecular complexity index is 3160. The van der Waals surface area contributed by atoms with Gasteiger partial charge in [0.05, 0.1) is 5.41 Å². The lowest BCUT2D eigenvalue weighted by molar-refractivity contribution is 0.447. The first kappa shape index (κ1) is 32.5. The maximum absolute atomic E-state index is 7.17. The second-order valence-electron chi connectivity index (χ2n) is 15.1. The van der Waals surface area contributed by atoms with Crippen molar-refractivity contribution in [2.24, 2.45) is 0 Å².